The number of aliphatic hydroxyl groups is 1. The average Bonchev–Trinajstić information content (AvgIpc) is 2.42. The van der Waals surface area contributed by atoms with E-state index in [1.54, 1.807) is 24.3 Å². The van der Waals surface area contributed by atoms with Gasteiger partial charge in [0.15, 0.2) is 0 Å². The molecule has 1 aromatic carbocycles. The lowest BCUT2D eigenvalue weighted by atomic mass is 9.78. The normalized spacial score (nSPS) is 21.0. The van der Waals surface area contributed by atoms with Crippen LogP contribution in [0, 0.1) is 5.92 Å². The number of β-amino-alcohol motifs (C(OH)–C–C–N with tert-alkyl or cyclic N) is 1. The molecule has 5 heteroatoms. The van der Waals surface area contributed by atoms with Gasteiger partial charge in [-0.2, -0.15) is 0 Å². The van der Waals surface area contributed by atoms with Crippen LogP contribution in [0.3, 0.4) is 0 Å². The van der Waals surface area contributed by atoms with Crippen LogP contribution in [0.4, 0.5) is 0 Å². The molecular weight excluding hydrogens is 300 g/mol. The molecule has 1 atom stereocenters. The molecule has 2 aliphatic rings. The lowest BCUT2D eigenvalue weighted by Crippen LogP contribution is -2.58. The molecule has 1 saturated carbocycles. The third-order valence-corrected chi connectivity index (χ3v) is 5.24. The number of likely N-dealkylation sites (N-methyl/N-ethyl adjacent to an activating group) is 1. The zero-order valence-electron chi connectivity index (χ0n) is 12.9. The molecule has 3 rings (SSSR count). The Balaban J connectivity index is 1.68. The van der Waals surface area contributed by atoms with Gasteiger partial charge in [0.1, 0.15) is 0 Å². The van der Waals surface area contributed by atoms with E-state index in [4.69, 9.17) is 11.6 Å². The van der Waals surface area contributed by atoms with Crippen molar-refractivity contribution >= 4 is 17.5 Å². The Morgan fingerprint density at radius 1 is 1.36 bits per heavy atom. The van der Waals surface area contributed by atoms with Crippen LogP contribution < -0.4 is 0 Å². The topological polar surface area (TPSA) is 43.8 Å². The lowest BCUT2D eigenvalue weighted by molar-refractivity contribution is -0.0223. The Morgan fingerprint density at radius 3 is 2.50 bits per heavy atom. The molecule has 1 aliphatic carbocycles. The summed E-state index contributed by atoms with van der Waals surface area (Å²) in [5.41, 5.74) is 0.680. The Kier molecular flexibility index (Phi) is 4.71. The number of hydrogen-bond donors (Lipinski definition) is 1. The smallest absolute Gasteiger partial charge is 0.253 e. The second-order valence-corrected chi connectivity index (χ2v) is 6.99. The van der Waals surface area contributed by atoms with Crippen LogP contribution in [0.25, 0.3) is 0 Å². The number of aliphatic hydroxyl groups excluding tert-OH is 1. The molecular formula is C17H23ClN2O2. The summed E-state index contributed by atoms with van der Waals surface area (Å²) in [6.07, 6.45) is 3.45. The molecule has 1 saturated heterocycles. The highest BCUT2D eigenvalue weighted by molar-refractivity contribution is 6.30. The van der Waals surface area contributed by atoms with Crippen molar-refractivity contribution in [2.24, 2.45) is 5.92 Å². The first-order chi connectivity index (χ1) is 10.5. The maximum absolute atomic E-state index is 12.7. The van der Waals surface area contributed by atoms with E-state index in [9.17, 15) is 9.90 Å². The number of likely N-dealkylation sites (tertiary alicyclic amines) is 1. The maximum atomic E-state index is 12.7. The van der Waals surface area contributed by atoms with E-state index in [-0.39, 0.29) is 18.1 Å². The third-order valence-electron chi connectivity index (χ3n) is 4.99. The summed E-state index contributed by atoms with van der Waals surface area (Å²) in [5.74, 6) is 0.633. The SMILES string of the molecule is CN(C(=O)c1ccc(Cl)cc1)[C@H](CN1CC(O)C1)C1CCC1. The second-order valence-electron chi connectivity index (χ2n) is 6.55. The molecule has 1 aromatic rings. The van der Waals surface area contributed by atoms with E-state index in [0.29, 0.717) is 16.5 Å². The van der Waals surface area contributed by atoms with Crippen LogP contribution in [-0.4, -0.2) is 59.6 Å². The summed E-state index contributed by atoms with van der Waals surface area (Å²) < 4.78 is 0. The Bertz CT molecular complexity index is 524. The van der Waals surface area contributed by atoms with Crippen molar-refractivity contribution in [1.82, 2.24) is 9.80 Å². The molecule has 1 aliphatic heterocycles. The number of hydrogen-bond acceptors (Lipinski definition) is 3. The Morgan fingerprint density at radius 2 is 2.00 bits per heavy atom. The van der Waals surface area contributed by atoms with Gasteiger partial charge >= 0.3 is 0 Å². The van der Waals surface area contributed by atoms with Gasteiger partial charge in [0.2, 0.25) is 0 Å². The average molecular weight is 323 g/mol. The highest BCUT2D eigenvalue weighted by Gasteiger charge is 2.36. The third kappa shape index (κ3) is 3.29. The van der Waals surface area contributed by atoms with E-state index in [1.807, 2.05) is 11.9 Å². The molecule has 2 fully saturated rings. The summed E-state index contributed by atoms with van der Waals surface area (Å²) in [4.78, 5) is 16.8. The van der Waals surface area contributed by atoms with Crippen molar-refractivity contribution < 1.29 is 9.90 Å². The second kappa shape index (κ2) is 6.57. The number of benzene rings is 1. The summed E-state index contributed by atoms with van der Waals surface area (Å²) in [7, 11) is 1.90. The van der Waals surface area contributed by atoms with Gasteiger partial charge in [0, 0.05) is 43.3 Å². The molecule has 1 amide bonds. The fraction of sp³-hybridized carbons (Fsp3) is 0.588. The molecule has 0 bridgehead atoms. The van der Waals surface area contributed by atoms with Crippen molar-refractivity contribution in [2.75, 3.05) is 26.7 Å². The number of carbonyl (C=O) groups excluding carboxylic acids is 1. The summed E-state index contributed by atoms with van der Waals surface area (Å²) in [6, 6.07) is 7.31. The van der Waals surface area contributed by atoms with Gasteiger partial charge in [0.25, 0.3) is 5.91 Å². The minimum atomic E-state index is -0.195. The number of rotatable bonds is 5. The van der Waals surface area contributed by atoms with E-state index in [0.717, 1.165) is 19.6 Å². The Labute approximate surface area is 136 Å². The van der Waals surface area contributed by atoms with Crippen LogP contribution in [-0.2, 0) is 0 Å². The lowest BCUT2D eigenvalue weighted by Gasteiger charge is -2.45. The molecule has 0 aromatic heterocycles. The molecule has 22 heavy (non-hydrogen) atoms. The van der Waals surface area contributed by atoms with E-state index >= 15 is 0 Å². The number of halogens is 1. The predicted molar refractivity (Wildman–Crippen MR) is 87.1 cm³/mol. The van der Waals surface area contributed by atoms with E-state index < -0.39 is 0 Å². The molecule has 120 valence electrons. The first-order valence-corrected chi connectivity index (χ1v) is 8.35. The Hall–Kier alpha value is -1.10. The van der Waals surface area contributed by atoms with Crippen LogP contribution >= 0.6 is 11.6 Å². The minimum Gasteiger partial charge on any atom is -0.390 e. The van der Waals surface area contributed by atoms with Gasteiger partial charge in [-0.25, -0.2) is 0 Å². The van der Waals surface area contributed by atoms with Crippen molar-refractivity contribution in [3.63, 3.8) is 0 Å². The predicted octanol–water partition coefficient (Wildman–Crippen LogP) is 2.26. The van der Waals surface area contributed by atoms with E-state index in [2.05, 4.69) is 4.90 Å². The molecule has 1 heterocycles. The summed E-state index contributed by atoms with van der Waals surface area (Å²) >= 11 is 5.89. The molecule has 0 radical (unpaired) electrons. The monoisotopic (exact) mass is 322 g/mol. The van der Waals surface area contributed by atoms with Crippen LogP contribution in [0.15, 0.2) is 24.3 Å². The summed E-state index contributed by atoms with van der Waals surface area (Å²) in [5, 5.41) is 10.1. The van der Waals surface area contributed by atoms with Crippen molar-refractivity contribution in [2.45, 2.75) is 31.4 Å². The first-order valence-electron chi connectivity index (χ1n) is 7.97. The van der Waals surface area contributed by atoms with Crippen molar-refractivity contribution in [3.8, 4) is 0 Å². The van der Waals surface area contributed by atoms with Gasteiger partial charge < -0.3 is 10.0 Å². The zero-order chi connectivity index (χ0) is 15.7. The van der Waals surface area contributed by atoms with E-state index in [1.165, 1.54) is 19.3 Å². The van der Waals surface area contributed by atoms with Crippen LogP contribution in [0.2, 0.25) is 5.02 Å². The zero-order valence-corrected chi connectivity index (χ0v) is 13.7. The molecule has 4 nitrogen and oxygen atoms in total. The van der Waals surface area contributed by atoms with Crippen LogP contribution in [0.1, 0.15) is 29.6 Å². The van der Waals surface area contributed by atoms with Gasteiger partial charge in [-0.05, 0) is 43.0 Å². The highest BCUT2D eigenvalue weighted by Crippen LogP contribution is 2.33. The van der Waals surface area contributed by atoms with Crippen molar-refractivity contribution in [1.29, 1.82) is 0 Å². The number of carbonyl (C=O) groups is 1. The quantitative estimate of drug-likeness (QED) is 0.904. The largest absolute Gasteiger partial charge is 0.390 e. The molecule has 0 spiro atoms. The maximum Gasteiger partial charge on any atom is 0.253 e. The van der Waals surface area contributed by atoms with Crippen molar-refractivity contribution in [3.05, 3.63) is 34.9 Å². The number of amides is 1. The van der Waals surface area contributed by atoms with Gasteiger partial charge in [-0.1, -0.05) is 18.0 Å². The van der Waals surface area contributed by atoms with Gasteiger partial charge in [-0.3, -0.25) is 9.69 Å². The number of nitrogens with zero attached hydrogens (tertiary/aromatic N) is 2. The minimum absolute atomic E-state index is 0.0506. The fourth-order valence-corrected chi connectivity index (χ4v) is 3.44. The summed E-state index contributed by atoms with van der Waals surface area (Å²) in [6.45, 7) is 2.32. The van der Waals surface area contributed by atoms with Crippen LogP contribution in [0.5, 0.6) is 0 Å². The van der Waals surface area contributed by atoms with Gasteiger partial charge in [0.05, 0.1) is 6.10 Å². The molecule has 1 N–H and O–H groups in total. The standard InChI is InChI=1S/C17H23ClN2O2/c1-19(17(22)13-5-7-14(18)8-6-13)16(12-3-2-4-12)11-20-9-15(21)10-20/h5-8,12,15-16,21H,2-4,9-11H2,1H3/t16-/m1/s1. The molecule has 0 unspecified atom stereocenters. The first kappa shape index (κ1) is 15.8. The fourth-order valence-electron chi connectivity index (χ4n) is 3.32. The van der Waals surface area contributed by atoms with Gasteiger partial charge in [-0.15, -0.1) is 0 Å². The highest BCUT2D eigenvalue weighted by atomic mass is 35.5.